The highest BCUT2D eigenvalue weighted by Gasteiger charge is 1.95. The molecule has 0 bridgehead atoms. The third-order valence-corrected chi connectivity index (χ3v) is 4.87. The number of carbonyl (C=O) groups is 1. The van der Waals surface area contributed by atoms with Crippen LogP contribution >= 0.6 is 22.7 Å². The molecule has 0 saturated carbocycles. The fourth-order valence-electron chi connectivity index (χ4n) is 1.92. The zero-order valence-electron chi connectivity index (χ0n) is 14.7. The highest BCUT2D eigenvalue weighted by atomic mass is 32.1. The van der Waals surface area contributed by atoms with E-state index in [-0.39, 0.29) is 0 Å². The molecule has 4 heterocycles. The summed E-state index contributed by atoms with van der Waals surface area (Å²) in [6.45, 7) is 2.20. The predicted octanol–water partition coefficient (Wildman–Crippen LogP) is 4.93. The molecular weight excluding hydrogens is 380 g/mol. The molecule has 0 aliphatic heterocycles. The normalized spacial score (nSPS) is 9.67. The van der Waals surface area contributed by atoms with E-state index in [1.54, 1.807) is 29.9 Å². The molecule has 142 valence electrons. The highest BCUT2D eigenvalue weighted by Crippen LogP contribution is 2.08. The maximum Gasteiger partial charge on any atom is 0.159 e. The average molecular weight is 403 g/mol. The fourth-order valence-corrected chi connectivity index (χ4v) is 3.12. The Balaban J connectivity index is 0.000000159. The molecule has 4 aromatic rings. The molecule has 3 N–H and O–H groups in total. The molecule has 7 heteroatoms. The summed E-state index contributed by atoms with van der Waals surface area (Å²) in [5, 5.41) is 7.27. The highest BCUT2D eigenvalue weighted by molar-refractivity contribution is 7.11. The van der Waals surface area contributed by atoms with Crippen LogP contribution in [0.15, 0.2) is 80.7 Å². The molecule has 5 nitrogen and oxygen atoms in total. The van der Waals surface area contributed by atoms with E-state index in [0.29, 0.717) is 6.54 Å². The fraction of sp³-hybridized carbons (Fsp3) is 0.150. The van der Waals surface area contributed by atoms with Crippen molar-refractivity contribution in [2.75, 3.05) is 0 Å². The van der Waals surface area contributed by atoms with E-state index in [1.165, 1.54) is 16.2 Å². The molecule has 0 unspecified atom stereocenters. The minimum absolute atomic E-state index is 0.493. The molecule has 4 rings (SSSR count). The van der Waals surface area contributed by atoms with Gasteiger partial charge in [-0.05, 0) is 47.2 Å². The Morgan fingerprint density at radius 3 is 2.04 bits per heavy atom. The van der Waals surface area contributed by atoms with Crippen LogP contribution in [0, 0.1) is 0 Å². The molecule has 0 amide bonds. The largest absolute Gasteiger partial charge is 0.468 e. The monoisotopic (exact) mass is 402 g/mol. The average Bonchev–Trinajstić information content (AvgIpc) is 3.52. The van der Waals surface area contributed by atoms with Crippen molar-refractivity contribution in [2.24, 2.45) is 5.73 Å². The van der Waals surface area contributed by atoms with E-state index in [4.69, 9.17) is 14.6 Å². The van der Waals surface area contributed by atoms with Crippen molar-refractivity contribution < 1.29 is 13.6 Å². The summed E-state index contributed by atoms with van der Waals surface area (Å²) < 4.78 is 10.1. The second-order valence-corrected chi connectivity index (χ2v) is 7.19. The van der Waals surface area contributed by atoms with Gasteiger partial charge in [-0.3, -0.25) is 4.79 Å². The van der Waals surface area contributed by atoms with Gasteiger partial charge in [-0.25, -0.2) is 0 Å². The van der Waals surface area contributed by atoms with Crippen LogP contribution in [0.2, 0.25) is 0 Å². The van der Waals surface area contributed by atoms with Crippen LogP contribution in [0.3, 0.4) is 0 Å². The lowest BCUT2D eigenvalue weighted by atomic mass is 10.4. The van der Waals surface area contributed by atoms with Gasteiger partial charge in [0, 0.05) is 11.4 Å². The lowest BCUT2D eigenvalue weighted by molar-refractivity contribution is 0.112. The molecule has 0 fully saturated rings. The summed E-state index contributed by atoms with van der Waals surface area (Å²) in [6.07, 6.45) is 4.16. The molecule has 0 spiro atoms. The van der Waals surface area contributed by atoms with Gasteiger partial charge in [0.2, 0.25) is 0 Å². The van der Waals surface area contributed by atoms with Crippen LogP contribution in [0.4, 0.5) is 0 Å². The lowest BCUT2D eigenvalue weighted by Crippen LogP contribution is -2.10. The second-order valence-electron chi connectivity index (χ2n) is 5.18. The molecular formula is C20H22N2O3S2. The van der Waals surface area contributed by atoms with Crippen LogP contribution in [-0.2, 0) is 19.6 Å². The van der Waals surface area contributed by atoms with Gasteiger partial charge in [-0.1, -0.05) is 12.1 Å². The number of thiophene rings is 2. The van der Waals surface area contributed by atoms with Crippen molar-refractivity contribution in [3.63, 3.8) is 0 Å². The summed E-state index contributed by atoms with van der Waals surface area (Å²) in [6, 6.07) is 15.4. The molecule has 27 heavy (non-hydrogen) atoms. The molecule has 4 aromatic heterocycles. The number of nitrogens with two attached hydrogens (primary N) is 1. The quantitative estimate of drug-likeness (QED) is 0.447. The van der Waals surface area contributed by atoms with E-state index in [1.807, 2.05) is 35.7 Å². The van der Waals surface area contributed by atoms with Crippen LogP contribution in [0.5, 0.6) is 0 Å². The summed E-state index contributed by atoms with van der Waals surface area (Å²) in [5.74, 6) is 1.82. The Kier molecular flexibility index (Phi) is 9.91. The second kappa shape index (κ2) is 12.8. The third-order valence-electron chi connectivity index (χ3n) is 3.20. The van der Waals surface area contributed by atoms with Gasteiger partial charge < -0.3 is 19.9 Å². The Bertz CT molecular complexity index is 775. The van der Waals surface area contributed by atoms with E-state index in [9.17, 15) is 4.79 Å². The van der Waals surface area contributed by atoms with Gasteiger partial charge in [0.05, 0.1) is 30.5 Å². The van der Waals surface area contributed by atoms with Gasteiger partial charge in [0.15, 0.2) is 6.29 Å². The minimum Gasteiger partial charge on any atom is -0.468 e. The number of carbonyl (C=O) groups excluding carboxylic acids is 1. The van der Waals surface area contributed by atoms with Crippen LogP contribution < -0.4 is 11.1 Å². The number of furan rings is 2. The van der Waals surface area contributed by atoms with Gasteiger partial charge in [0.25, 0.3) is 0 Å². The van der Waals surface area contributed by atoms with E-state index >= 15 is 0 Å². The van der Waals surface area contributed by atoms with Gasteiger partial charge in [-0.15, -0.1) is 22.7 Å². The smallest absolute Gasteiger partial charge is 0.159 e. The molecule has 0 radical (unpaired) electrons. The van der Waals surface area contributed by atoms with Crippen molar-refractivity contribution in [1.29, 1.82) is 0 Å². The SMILES string of the molecule is NCc1ccco1.O=Cc1cccs1.c1coc(CNCc2cccs2)c1. The van der Waals surface area contributed by atoms with Crippen molar-refractivity contribution in [2.45, 2.75) is 19.6 Å². The Morgan fingerprint density at radius 1 is 0.889 bits per heavy atom. The summed E-state index contributed by atoms with van der Waals surface area (Å²) in [7, 11) is 0. The number of aldehydes is 1. The Morgan fingerprint density at radius 2 is 1.59 bits per heavy atom. The van der Waals surface area contributed by atoms with Gasteiger partial charge in [-0.2, -0.15) is 0 Å². The first kappa shape index (κ1) is 20.9. The molecule has 0 aliphatic carbocycles. The predicted molar refractivity (Wildman–Crippen MR) is 110 cm³/mol. The zero-order chi connectivity index (χ0) is 19.2. The number of hydrogen-bond acceptors (Lipinski definition) is 7. The first-order valence-electron chi connectivity index (χ1n) is 8.28. The maximum absolute atomic E-state index is 9.88. The zero-order valence-corrected chi connectivity index (χ0v) is 16.4. The lowest BCUT2D eigenvalue weighted by Gasteiger charge is -1.98. The topological polar surface area (TPSA) is 81.4 Å². The summed E-state index contributed by atoms with van der Waals surface area (Å²) in [5.41, 5.74) is 5.20. The number of rotatable bonds is 6. The van der Waals surface area contributed by atoms with Gasteiger partial charge >= 0.3 is 0 Å². The number of hydrogen-bond donors (Lipinski definition) is 2. The van der Waals surface area contributed by atoms with E-state index < -0.39 is 0 Å². The Hall–Kier alpha value is -2.45. The minimum atomic E-state index is 0.493. The molecule has 0 aromatic carbocycles. The molecule has 0 atom stereocenters. The first-order valence-corrected chi connectivity index (χ1v) is 10.0. The molecule has 0 aliphatic rings. The van der Waals surface area contributed by atoms with E-state index in [2.05, 4.69) is 22.8 Å². The standard InChI is InChI=1S/C10H11NOS.C5H7NO.C5H4OS/c1-3-9(12-5-1)7-11-8-10-4-2-6-13-10;2*6-4-5-2-1-3-7-5/h1-6,11H,7-8H2;1-3H,4,6H2;1-4H. The summed E-state index contributed by atoms with van der Waals surface area (Å²) >= 11 is 3.22. The van der Waals surface area contributed by atoms with Crippen molar-refractivity contribution in [1.82, 2.24) is 5.32 Å². The van der Waals surface area contributed by atoms with Crippen molar-refractivity contribution in [3.05, 3.63) is 93.1 Å². The molecule has 0 saturated heterocycles. The van der Waals surface area contributed by atoms with Crippen LogP contribution in [-0.4, -0.2) is 6.29 Å². The van der Waals surface area contributed by atoms with Crippen LogP contribution in [0.1, 0.15) is 26.1 Å². The third kappa shape index (κ3) is 8.65. The first-order chi connectivity index (χ1) is 13.3. The van der Waals surface area contributed by atoms with Crippen molar-refractivity contribution in [3.8, 4) is 0 Å². The maximum atomic E-state index is 9.88. The van der Waals surface area contributed by atoms with Crippen LogP contribution in [0.25, 0.3) is 0 Å². The van der Waals surface area contributed by atoms with Gasteiger partial charge in [0.1, 0.15) is 11.5 Å². The Labute approximate surface area is 166 Å². The van der Waals surface area contributed by atoms with Crippen molar-refractivity contribution >= 4 is 29.0 Å². The van der Waals surface area contributed by atoms with E-state index in [0.717, 1.165) is 35.8 Å². The summed E-state index contributed by atoms with van der Waals surface area (Å²) in [4.78, 5) is 12.0. The number of nitrogens with one attached hydrogen (secondary N) is 1.